The maximum Gasteiger partial charge on any atom is 0.247 e. The summed E-state index contributed by atoms with van der Waals surface area (Å²) in [6.45, 7) is 3.98. The molecule has 0 N–H and O–H groups in total. The molecule has 2 aromatic carbocycles. The predicted molar refractivity (Wildman–Crippen MR) is 105 cm³/mol. The number of nitrogens with zero attached hydrogens (tertiary/aromatic N) is 5. The number of hydrogen-bond donors (Lipinski definition) is 0. The van der Waals surface area contributed by atoms with Gasteiger partial charge in [0.1, 0.15) is 5.82 Å². The van der Waals surface area contributed by atoms with Gasteiger partial charge >= 0.3 is 0 Å². The van der Waals surface area contributed by atoms with Gasteiger partial charge in [0, 0.05) is 12.6 Å². The van der Waals surface area contributed by atoms with Crippen molar-refractivity contribution in [1.82, 2.24) is 25.0 Å². The van der Waals surface area contributed by atoms with Crippen molar-refractivity contribution in [2.75, 3.05) is 0 Å². The van der Waals surface area contributed by atoms with Crippen LogP contribution in [-0.4, -0.2) is 25.0 Å². The Morgan fingerprint density at radius 3 is 2.50 bits per heavy atom. The van der Waals surface area contributed by atoms with Crippen molar-refractivity contribution < 1.29 is 8.81 Å². The molecule has 0 aliphatic rings. The van der Waals surface area contributed by atoms with Gasteiger partial charge in [-0.2, -0.15) is 0 Å². The average Bonchev–Trinajstić information content (AvgIpc) is 3.31. The van der Waals surface area contributed by atoms with Crippen LogP contribution < -0.4 is 0 Å². The Morgan fingerprint density at radius 1 is 1.00 bits per heavy atom. The lowest BCUT2D eigenvalue weighted by atomic mass is 10.1. The first kappa shape index (κ1) is 18.4. The average molecular weight is 395 g/mol. The van der Waals surface area contributed by atoms with E-state index >= 15 is 0 Å². The maximum absolute atomic E-state index is 14.1. The standard InChI is InChI=1S/C20H18FN5OS/c1-12-8-10-14(11-9-12)19-24-23-18(27-19)13(2)28-20-25-22-17(26(20)3)15-6-4-5-7-16(15)21/h4-11,13H,1-3H3/t13-/m1/s1. The lowest BCUT2D eigenvalue weighted by molar-refractivity contribution is 0.508. The van der Waals surface area contributed by atoms with Gasteiger partial charge in [-0.15, -0.1) is 20.4 Å². The topological polar surface area (TPSA) is 69.6 Å². The van der Waals surface area contributed by atoms with E-state index in [1.54, 1.807) is 22.8 Å². The summed E-state index contributed by atoms with van der Waals surface area (Å²) in [7, 11) is 1.81. The van der Waals surface area contributed by atoms with Crippen LogP contribution in [0.25, 0.3) is 22.8 Å². The molecule has 1 atom stereocenters. The fraction of sp³-hybridized carbons (Fsp3) is 0.200. The number of aromatic nitrogens is 5. The molecule has 6 nitrogen and oxygen atoms in total. The van der Waals surface area contributed by atoms with Crippen molar-refractivity contribution in [2.24, 2.45) is 7.05 Å². The van der Waals surface area contributed by atoms with Crippen LogP contribution in [0.1, 0.15) is 23.6 Å². The first-order valence-corrected chi connectivity index (χ1v) is 9.62. The van der Waals surface area contributed by atoms with Crippen LogP contribution in [0.2, 0.25) is 0 Å². The van der Waals surface area contributed by atoms with Gasteiger partial charge in [0.05, 0.1) is 10.8 Å². The highest BCUT2D eigenvalue weighted by atomic mass is 32.2. The zero-order valence-corrected chi connectivity index (χ0v) is 16.4. The molecule has 4 aromatic rings. The summed E-state index contributed by atoms with van der Waals surface area (Å²) in [6.07, 6.45) is 0. The second-order valence-electron chi connectivity index (χ2n) is 6.42. The highest BCUT2D eigenvalue weighted by molar-refractivity contribution is 7.99. The zero-order chi connectivity index (χ0) is 19.7. The van der Waals surface area contributed by atoms with E-state index in [2.05, 4.69) is 20.4 Å². The molecule has 0 unspecified atom stereocenters. The minimum Gasteiger partial charge on any atom is -0.419 e. The molecule has 0 saturated carbocycles. The molecule has 0 fully saturated rings. The van der Waals surface area contributed by atoms with E-state index < -0.39 is 0 Å². The van der Waals surface area contributed by atoms with E-state index in [0.29, 0.717) is 28.3 Å². The van der Waals surface area contributed by atoms with Gasteiger partial charge < -0.3 is 8.98 Å². The van der Waals surface area contributed by atoms with E-state index in [-0.39, 0.29) is 11.1 Å². The maximum atomic E-state index is 14.1. The Labute approximate surface area is 165 Å². The third-order valence-corrected chi connectivity index (χ3v) is 5.44. The van der Waals surface area contributed by atoms with Crippen LogP contribution in [0, 0.1) is 12.7 Å². The molecule has 4 rings (SSSR count). The Morgan fingerprint density at radius 2 is 1.75 bits per heavy atom. The SMILES string of the molecule is Cc1ccc(-c2nnc([C@@H](C)Sc3nnc(-c4ccccc4F)n3C)o2)cc1. The van der Waals surface area contributed by atoms with Crippen LogP contribution in [0.5, 0.6) is 0 Å². The van der Waals surface area contributed by atoms with Crippen LogP contribution in [0.3, 0.4) is 0 Å². The van der Waals surface area contributed by atoms with Crippen molar-refractivity contribution in [3.05, 3.63) is 65.8 Å². The van der Waals surface area contributed by atoms with Crippen LogP contribution in [-0.2, 0) is 7.05 Å². The minimum atomic E-state index is -0.331. The Balaban J connectivity index is 1.54. The normalized spacial score (nSPS) is 12.3. The van der Waals surface area contributed by atoms with Gasteiger partial charge in [-0.05, 0) is 38.1 Å². The molecule has 0 radical (unpaired) electrons. The number of aryl methyl sites for hydroxylation is 1. The molecule has 28 heavy (non-hydrogen) atoms. The Hall–Kier alpha value is -3.00. The number of benzene rings is 2. The van der Waals surface area contributed by atoms with Gasteiger partial charge in [-0.3, -0.25) is 0 Å². The first-order valence-electron chi connectivity index (χ1n) is 8.74. The van der Waals surface area contributed by atoms with Gasteiger partial charge in [-0.25, -0.2) is 4.39 Å². The summed E-state index contributed by atoms with van der Waals surface area (Å²) in [6, 6.07) is 14.4. The Bertz CT molecular complexity index is 1110. The van der Waals surface area contributed by atoms with Crippen LogP contribution in [0.15, 0.2) is 58.1 Å². The van der Waals surface area contributed by atoms with Gasteiger partial charge in [0.25, 0.3) is 0 Å². The van der Waals surface area contributed by atoms with Crippen molar-refractivity contribution in [3.63, 3.8) is 0 Å². The monoisotopic (exact) mass is 395 g/mol. The molecule has 0 aliphatic carbocycles. The minimum absolute atomic E-state index is 0.136. The molecule has 0 amide bonds. The highest BCUT2D eigenvalue weighted by Crippen LogP contribution is 2.35. The third-order valence-electron chi connectivity index (χ3n) is 4.32. The summed E-state index contributed by atoms with van der Waals surface area (Å²) in [5, 5.41) is 17.1. The van der Waals surface area contributed by atoms with E-state index in [9.17, 15) is 4.39 Å². The van der Waals surface area contributed by atoms with E-state index in [4.69, 9.17) is 4.42 Å². The predicted octanol–water partition coefficient (Wildman–Crippen LogP) is 4.83. The van der Waals surface area contributed by atoms with Crippen LogP contribution >= 0.6 is 11.8 Å². The zero-order valence-electron chi connectivity index (χ0n) is 15.6. The summed E-state index contributed by atoms with van der Waals surface area (Å²) < 4.78 is 21.7. The lowest BCUT2D eigenvalue weighted by Gasteiger charge is -2.07. The van der Waals surface area contributed by atoms with Crippen molar-refractivity contribution in [2.45, 2.75) is 24.3 Å². The second kappa shape index (κ2) is 7.55. The number of rotatable bonds is 5. The number of halogens is 1. The molecular weight excluding hydrogens is 377 g/mol. The molecule has 142 valence electrons. The van der Waals surface area contributed by atoms with Gasteiger partial charge in [0.2, 0.25) is 11.8 Å². The van der Waals surface area contributed by atoms with E-state index in [0.717, 1.165) is 5.56 Å². The summed E-state index contributed by atoms with van der Waals surface area (Å²) >= 11 is 1.43. The molecule has 0 bridgehead atoms. The fourth-order valence-electron chi connectivity index (χ4n) is 2.71. The summed E-state index contributed by atoms with van der Waals surface area (Å²) in [4.78, 5) is 0. The highest BCUT2D eigenvalue weighted by Gasteiger charge is 2.21. The van der Waals surface area contributed by atoms with E-state index in [1.807, 2.05) is 45.2 Å². The van der Waals surface area contributed by atoms with E-state index in [1.165, 1.54) is 23.4 Å². The largest absolute Gasteiger partial charge is 0.419 e. The smallest absolute Gasteiger partial charge is 0.247 e. The van der Waals surface area contributed by atoms with Crippen LogP contribution in [0.4, 0.5) is 4.39 Å². The summed E-state index contributed by atoms with van der Waals surface area (Å²) in [5.41, 5.74) is 2.46. The molecule has 2 heterocycles. The molecule has 0 aliphatic heterocycles. The first-order chi connectivity index (χ1) is 13.5. The summed E-state index contributed by atoms with van der Waals surface area (Å²) in [5.74, 6) is 1.12. The Kier molecular flexibility index (Phi) is 4.95. The number of hydrogen-bond acceptors (Lipinski definition) is 6. The van der Waals surface area contributed by atoms with Gasteiger partial charge in [-0.1, -0.05) is 41.6 Å². The molecule has 0 spiro atoms. The number of thioether (sulfide) groups is 1. The third kappa shape index (κ3) is 3.55. The second-order valence-corrected chi connectivity index (χ2v) is 7.72. The van der Waals surface area contributed by atoms with Gasteiger partial charge in [0.15, 0.2) is 11.0 Å². The van der Waals surface area contributed by atoms with Crippen molar-refractivity contribution >= 4 is 11.8 Å². The molecule has 0 saturated heterocycles. The fourth-order valence-corrected chi connectivity index (χ4v) is 3.56. The van der Waals surface area contributed by atoms with Crippen molar-refractivity contribution in [1.29, 1.82) is 0 Å². The molecule has 2 aromatic heterocycles. The molecular formula is C20H18FN5OS. The molecule has 8 heteroatoms. The van der Waals surface area contributed by atoms with Crippen molar-refractivity contribution in [3.8, 4) is 22.8 Å². The quantitative estimate of drug-likeness (QED) is 0.451. The lowest BCUT2D eigenvalue weighted by Crippen LogP contribution is -1.98.